The summed E-state index contributed by atoms with van der Waals surface area (Å²) in [5.74, 6) is 1.40. The Labute approximate surface area is 142 Å². The second kappa shape index (κ2) is 6.22. The van der Waals surface area contributed by atoms with Crippen LogP contribution < -0.4 is 0 Å². The number of hydrogen-bond acceptors (Lipinski definition) is 4. The van der Waals surface area contributed by atoms with Crippen LogP contribution in [-0.2, 0) is 9.59 Å². The van der Waals surface area contributed by atoms with Crippen molar-refractivity contribution >= 4 is 11.8 Å². The molecule has 1 aliphatic carbocycles. The van der Waals surface area contributed by atoms with Gasteiger partial charge >= 0.3 is 0 Å². The number of amides is 2. The summed E-state index contributed by atoms with van der Waals surface area (Å²) in [6.07, 6.45) is 5.77. The van der Waals surface area contributed by atoms with Crippen molar-refractivity contribution in [2.24, 2.45) is 11.8 Å². The van der Waals surface area contributed by atoms with E-state index in [1.165, 1.54) is 0 Å². The predicted molar refractivity (Wildman–Crippen MR) is 87.0 cm³/mol. The molecule has 2 saturated heterocycles. The molecule has 2 atom stereocenters. The second-order valence-electron chi connectivity index (χ2n) is 7.46. The molecule has 3 fully saturated rings. The topological polar surface area (TPSA) is 66.7 Å². The first kappa shape index (κ1) is 15.7. The number of piperidine rings is 1. The lowest BCUT2D eigenvalue weighted by Crippen LogP contribution is -2.47. The van der Waals surface area contributed by atoms with E-state index in [4.69, 9.17) is 4.52 Å². The number of rotatable bonds is 3. The summed E-state index contributed by atoms with van der Waals surface area (Å²) in [6, 6.07) is 1.94. The van der Waals surface area contributed by atoms with Gasteiger partial charge < -0.3 is 14.3 Å². The molecule has 6 nitrogen and oxygen atoms in total. The Bertz CT molecular complexity index is 637. The first-order valence-electron chi connectivity index (χ1n) is 9.16. The molecule has 24 heavy (non-hydrogen) atoms. The number of aryl methyl sites for hydroxylation is 1. The molecule has 0 radical (unpaired) electrons. The molecule has 1 aromatic rings. The normalized spacial score (nSPS) is 27.5. The van der Waals surface area contributed by atoms with Gasteiger partial charge in [-0.1, -0.05) is 5.16 Å². The average molecular weight is 331 g/mol. The molecule has 130 valence electrons. The molecule has 3 aliphatic rings. The number of carbonyl (C=O) groups excluding carboxylic acids is 2. The van der Waals surface area contributed by atoms with E-state index in [1.807, 2.05) is 22.8 Å². The minimum Gasteiger partial charge on any atom is -0.359 e. The molecule has 1 aromatic heterocycles. The van der Waals surface area contributed by atoms with E-state index in [1.54, 1.807) is 0 Å². The van der Waals surface area contributed by atoms with Crippen LogP contribution in [0.4, 0.5) is 0 Å². The van der Waals surface area contributed by atoms with Crippen molar-refractivity contribution in [2.75, 3.05) is 19.6 Å². The van der Waals surface area contributed by atoms with Gasteiger partial charge in [0.05, 0.1) is 17.7 Å². The van der Waals surface area contributed by atoms with Gasteiger partial charge in [-0.15, -0.1) is 0 Å². The van der Waals surface area contributed by atoms with Crippen molar-refractivity contribution in [3.63, 3.8) is 0 Å². The maximum atomic E-state index is 13.1. The van der Waals surface area contributed by atoms with Gasteiger partial charge in [0.25, 0.3) is 0 Å². The maximum Gasteiger partial charge on any atom is 0.228 e. The first-order valence-corrected chi connectivity index (χ1v) is 9.16. The van der Waals surface area contributed by atoms with E-state index < -0.39 is 0 Å². The van der Waals surface area contributed by atoms with Crippen LogP contribution in [0.1, 0.15) is 56.0 Å². The molecule has 0 bridgehead atoms. The Morgan fingerprint density at radius 1 is 1.08 bits per heavy atom. The second-order valence-corrected chi connectivity index (χ2v) is 7.46. The van der Waals surface area contributed by atoms with E-state index in [9.17, 15) is 9.59 Å². The number of hydrogen-bond donors (Lipinski definition) is 0. The van der Waals surface area contributed by atoms with Crippen LogP contribution in [0.2, 0.25) is 0 Å². The predicted octanol–water partition coefficient (Wildman–Crippen LogP) is 2.30. The van der Waals surface area contributed by atoms with Crippen molar-refractivity contribution in [2.45, 2.75) is 51.5 Å². The number of nitrogens with zero attached hydrogens (tertiary/aromatic N) is 3. The lowest BCUT2D eigenvalue weighted by Gasteiger charge is -2.35. The van der Waals surface area contributed by atoms with Gasteiger partial charge in [-0.3, -0.25) is 9.59 Å². The average Bonchev–Trinajstić information content (AvgIpc) is 3.18. The minimum atomic E-state index is -0.0638. The lowest BCUT2D eigenvalue weighted by molar-refractivity contribution is -0.142. The monoisotopic (exact) mass is 331 g/mol. The van der Waals surface area contributed by atoms with E-state index in [0.717, 1.165) is 63.1 Å². The van der Waals surface area contributed by atoms with Gasteiger partial charge in [0, 0.05) is 31.6 Å². The fraction of sp³-hybridized carbons (Fsp3) is 0.722. The number of carbonyl (C=O) groups is 2. The molecule has 2 amide bonds. The third-order valence-corrected chi connectivity index (χ3v) is 5.52. The third-order valence-electron chi connectivity index (χ3n) is 5.52. The van der Waals surface area contributed by atoms with E-state index >= 15 is 0 Å². The summed E-state index contributed by atoms with van der Waals surface area (Å²) >= 11 is 0. The van der Waals surface area contributed by atoms with Gasteiger partial charge in [-0.25, -0.2) is 0 Å². The van der Waals surface area contributed by atoms with Gasteiger partial charge in [0.1, 0.15) is 0 Å². The Morgan fingerprint density at radius 2 is 1.88 bits per heavy atom. The standard InChI is InChI=1S/C18H25N3O3/c1-12-10-16(24-19-12)15-5-3-9-21(15)18(23)14-4-2-8-20(11-14)17(22)13-6-7-13/h10,13-15H,2-9,11H2,1H3/t14-,15-/m1/s1. The van der Waals surface area contributed by atoms with Crippen LogP contribution >= 0.6 is 0 Å². The van der Waals surface area contributed by atoms with Crippen molar-refractivity contribution in [1.29, 1.82) is 0 Å². The van der Waals surface area contributed by atoms with E-state index in [0.29, 0.717) is 6.54 Å². The molecular weight excluding hydrogens is 306 g/mol. The van der Waals surface area contributed by atoms with Crippen LogP contribution in [-0.4, -0.2) is 46.4 Å². The molecule has 0 N–H and O–H groups in total. The van der Waals surface area contributed by atoms with Crippen LogP contribution in [0.15, 0.2) is 10.6 Å². The van der Waals surface area contributed by atoms with Gasteiger partial charge in [-0.05, 0) is 45.4 Å². The fourth-order valence-corrected chi connectivity index (χ4v) is 4.07. The van der Waals surface area contributed by atoms with Gasteiger partial charge in [0.15, 0.2) is 5.76 Å². The molecular formula is C18H25N3O3. The van der Waals surface area contributed by atoms with Crippen LogP contribution in [0.5, 0.6) is 0 Å². The zero-order chi connectivity index (χ0) is 16.7. The largest absolute Gasteiger partial charge is 0.359 e. The van der Waals surface area contributed by atoms with E-state index in [2.05, 4.69) is 5.16 Å². The first-order chi connectivity index (χ1) is 11.6. The summed E-state index contributed by atoms with van der Waals surface area (Å²) in [5.41, 5.74) is 0.850. The zero-order valence-corrected chi connectivity index (χ0v) is 14.2. The summed E-state index contributed by atoms with van der Waals surface area (Å²) in [5, 5.41) is 3.96. The lowest BCUT2D eigenvalue weighted by atomic mass is 9.95. The molecule has 1 saturated carbocycles. The number of aromatic nitrogens is 1. The highest BCUT2D eigenvalue weighted by molar-refractivity contribution is 5.84. The Kier molecular flexibility index (Phi) is 4.06. The van der Waals surface area contributed by atoms with Gasteiger partial charge in [-0.2, -0.15) is 0 Å². The van der Waals surface area contributed by atoms with Crippen LogP contribution in [0.3, 0.4) is 0 Å². The van der Waals surface area contributed by atoms with Crippen molar-refractivity contribution < 1.29 is 14.1 Å². The maximum absolute atomic E-state index is 13.1. The Hall–Kier alpha value is -1.85. The summed E-state index contributed by atoms with van der Waals surface area (Å²) < 4.78 is 5.41. The van der Waals surface area contributed by atoms with Crippen molar-refractivity contribution in [3.05, 3.63) is 17.5 Å². The fourth-order valence-electron chi connectivity index (χ4n) is 4.07. The van der Waals surface area contributed by atoms with Crippen molar-refractivity contribution in [3.8, 4) is 0 Å². The molecule has 0 spiro atoms. The van der Waals surface area contributed by atoms with Crippen LogP contribution in [0.25, 0.3) is 0 Å². The summed E-state index contributed by atoms with van der Waals surface area (Å²) in [6.45, 7) is 4.07. The SMILES string of the molecule is Cc1cc([C@H]2CCCN2C(=O)[C@@H]2CCCN(C(=O)C3CC3)C2)on1. The van der Waals surface area contributed by atoms with Crippen LogP contribution in [0, 0.1) is 18.8 Å². The number of likely N-dealkylation sites (tertiary alicyclic amines) is 2. The third kappa shape index (κ3) is 2.94. The molecule has 3 heterocycles. The Balaban J connectivity index is 1.44. The highest BCUT2D eigenvalue weighted by Crippen LogP contribution is 2.36. The van der Waals surface area contributed by atoms with Crippen molar-refractivity contribution in [1.82, 2.24) is 15.0 Å². The van der Waals surface area contributed by atoms with E-state index in [-0.39, 0.29) is 29.7 Å². The molecule has 6 heteroatoms. The summed E-state index contributed by atoms with van der Waals surface area (Å²) in [4.78, 5) is 29.3. The summed E-state index contributed by atoms with van der Waals surface area (Å²) in [7, 11) is 0. The van der Waals surface area contributed by atoms with Gasteiger partial charge in [0.2, 0.25) is 11.8 Å². The zero-order valence-electron chi connectivity index (χ0n) is 14.2. The highest BCUT2D eigenvalue weighted by atomic mass is 16.5. The highest BCUT2D eigenvalue weighted by Gasteiger charge is 2.40. The smallest absolute Gasteiger partial charge is 0.228 e. The molecule has 2 aliphatic heterocycles. The molecule has 4 rings (SSSR count). The molecule has 0 aromatic carbocycles. The minimum absolute atomic E-state index is 0.00760. The Morgan fingerprint density at radius 3 is 2.58 bits per heavy atom. The molecule has 0 unspecified atom stereocenters. The quantitative estimate of drug-likeness (QED) is 0.852.